The minimum atomic E-state index is 0.0127. The van der Waals surface area contributed by atoms with Crippen LogP contribution < -0.4 is 10.6 Å². The Bertz CT molecular complexity index is 464. The van der Waals surface area contributed by atoms with Crippen LogP contribution in [0.25, 0.3) is 0 Å². The van der Waals surface area contributed by atoms with E-state index in [9.17, 15) is 9.59 Å². The van der Waals surface area contributed by atoms with Gasteiger partial charge in [-0.2, -0.15) is 0 Å². The molecule has 4 nitrogen and oxygen atoms in total. The van der Waals surface area contributed by atoms with Gasteiger partial charge in [-0.25, -0.2) is 0 Å². The SMILES string of the molecule is CC(C)CCC(=O)Nc1ccc(NC(=O)CC(C)C)cc1. The Morgan fingerprint density at radius 1 is 0.857 bits per heavy atom. The summed E-state index contributed by atoms with van der Waals surface area (Å²) in [5.41, 5.74) is 1.51. The lowest BCUT2D eigenvalue weighted by Crippen LogP contribution is -2.14. The minimum absolute atomic E-state index is 0.0127. The van der Waals surface area contributed by atoms with E-state index in [1.165, 1.54) is 0 Å². The number of benzene rings is 1. The van der Waals surface area contributed by atoms with Gasteiger partial charge in [-0.15, -0.1) is 0 Å². The van der Waals surface area contributed by atoms with Crippen LogP contribution in [0.5, 0.6) is 0 Å². The van der Waals surface area contributed by atoms with Gasteiger partial charge in [0.2, 0.25) is 11.8 Å². The van der Waals surface area contributed by atoms with Crippen molar-refractivity contribution < 1.29 is 9.59 Å². The van der Waals surface area contributed by atoms with Crippen molar-refractivity contribution in [3.8, 4) is 0 Å². The number of hydrogen-bond acceptors (Lipinski definition) is 2. The Morgan fingerprint density at radius 3 is 1.76 bits per heavy atom. The van der Waals surface area contributed by atoms with Gasteiger partial charge in [-0.1, -0.05) is 27.7 Å². The van der Waals surface area contributed by atoms with Gasteiger partial charge in [0.15, 0.2) is 0 Å². The molecule has 0 saturated carbocycles. The van der Waals surface area contributed by atoms with Gasteiger partial charge in [0.05, 0.1) is 0 Å². The first-order valence-corrected chi connectivity index (χ1v) is 7.56. The zero-order chi connectivity index (χ0) is 15.8. The second-order valence-corrected chi connectivity index (χ2v) is 6.20. The Labute approximate surface area is 127 Å². The molecule has 2 amide bonds. The Hall–Kier alpha value is -1.84. The van der Waals surface area contributed by atoms with Crippen LogP contribution in [-0.2, 0) is 9.59 Å². The molecule has 0 radical (unpaired) electrons. The highest BCUT2D eigenvalue weighted by molar-refractivity contribution is 5.92. The van der Waals surface area contributed by atoms with Gasteiger partial charge in [0, 0.05) is 24.2 Å². The molecule has 4 heteroatoms. The first-order valence-electron chi connectivity index (χ1n) is 7.56. The smallest absolute Gasteiger partial charge is 0.224 e. The molecule has 0 unspecified atom stereocenters. The monoisotopic (exact) mass is 290 g/mol. The molecular weight excluding hydrogens is 264 g/mol. The van der Waals surface area contributed by atoms with E-state index in [-0.39, 0.29) is 11.8 Å². The second kappa shape index (κ2) is 8.45. The van der Waals surface area contributed by atoms with Crippen LogP contribution in [-0.4, -0.2) is 11.8 Å². The van der Waals surface area contributed by atoms with Crippen LogP contribution in [0.1, 0.15) is 47.0 Å². The van der Waals surface area contributed by atoms with Gasteiger partial charge >= 0.3 is 0 Å². The summed E-state index contributed by atoms with van der Waals surface area (Å²) in [5.74, 6) is 0.901. The van der Waals surface area contributed by atoms with Gasteiger partial charge < -0.3 is 10.6 Å². The van der Waals surface area contributed by atoms with E-state index in [2.05, 4.69) is 24.5 Å². The van der Waals surface area contributed by atoms with Crippen LogP contribution in [0.15, 0.2) is 24.3 Å². The highest BCUT2D eigenvalue weighted by Gasteiger charge is 2.06. The van der Waals surface area contributed by atoms with Crippen LogP contribution in [0.3, 0.4) is 0 Å². The minimum Gasteiger partial charge on any atom is -0.326 e. The van der Waals surface area contributed by atoms with E-state index in [1.54, 1.807) is 24.3 Å². The molecule has 0 bridgehead atoms. The molecule has 0 saturated heterocycles. The van der Waals surface area contributed by atoms with Crippen LogP contribution in [0.4, 0.5) is 11.4 Å². The number of anilines is 2. The molecule has 116 valence electrons. The molecule has 0 spiro atoms. The third kappa shape index (κ3) is 7.49. The third-order valence-corrected chi connectivity index (χ3v) is 2.99. The summed E-state index contributed by atoms with van der Waals surface area (Å²) in [4.78, 5) is 23.4. The molecule has 0 aliphatic carbocycles. The maximum absolute atomic E-state index is 11.7. The van der Waals surface area contributed by atoms with Crippen molar-refractivity contribution in [3.05, 3.63) is 24.3 Å². The number of amides is 2. The zero-order valence-corrected chi connectivity index (χ0v) is 13.4. The lowest BCUT2D eigenvalue weighted by atomic mass is 10.1. The molecule has 2 N–H and O–H groups in total. The topological polar surface area (TPSA) is 58.2 Å². The molecule has 0 aliphatic heterocycles. The van der Waals surface area contributed by atoms with Crippen LogP contribution in [0.2, 0.25) is 0 Å². The van der Waals surface area contributed by atoms with Gasteiger partial charge in [-0.3, -0.25) is 9.59 Å². The summed E-state index contributed by atoms with van der Waals surface area (Å²) in [5, 5.41) is 5.70. The molecule has 0 aliphatic rings. The molecule has 0 atom stereocenters. The van der Waals surface area contributed by atoms with Gasteiger partial charge in [-0.05, 0) is 42.5 Å². The summed E-state index contributed by atoms with van der Waals surface area (Å²) in [6, 6.07) is 7.21. The molecule has 1 aromatic rings. The Morgan fingerprint density at radius 2 is 1.33 bits per heavy atom. The van der Waals surface area contributed by atoms with Gasteiger partial charge in [0.25, 0.3) is 0 Å². The lowest BCUT2D eigenvalue weighted by Gasteiger charge is -2.09. The fourth-order valence-corrected chi connectivity index (χ4v) is 1.86. The van der Waals surface area contributed by atoms with Crippen molar-refractivity contribution in [3.63, 3.8) is 0 Å². The fourth-order valence-electron chi connectivity index (χ4n) is 1.86. The van der Waals surface area contributed by atoms with Crippen molar-refractivity contribution in [2.75, 3.05) is 10.6 Å². The maximum atomic E-state index is 11.7. The summed E-state index contributed by atoms with van der Waals surface area (Å²) in [6.07, 6.45) is 1.92. The van der Waals surface area contributed by atoms with Crippen LogP contribution in [0, 0.1) is 11.8 Å². The normalized spacial score (nSPS) is 10.8. The van der Waals surface area contributed by atoms with E-state index in [1.807, 2.05) is 13.8 Å². The van der Waals surface area contributed by atoms with Crippen molar-refractivity contribution in [2.24, 2.45) is 11.8 Å². The van der Waals surface area contributed by atoms with E-state index < -0.39 is 0 Å². The first-order chi connectivity index (χ1) is 9.86. The largest absolute Gasteiger partial charge is 0.326 e. The lowest BCUT2D eigenvalue weighted by molar-refractivity contribution is -0.117. The van der Waals surface area contributed by atoms with E-state index in [4.69, 9.17) is 0 Å². The quantitative estimate of drug-likeness (QED) is 0.796. The summed E-state index contributed by atoms with van der Waals surface area (Å²) >= 11 is 0. The number of nitrogens with one attached hydrogen (secondary N) is 2. The molecule has 0 aromatic heterocycles. The van der Waals surface area contributed by atoms with Crippen molar-refractivity contribution in [1.29, 1.82) is 0 Å². The van der Waals surface area contributed by atoms with Crippen molar-refractivity contribution >= 4 is 23.2 Å². The standard InChI is InChI=1S/C17H26N2O2/c1-12(2)5-10-16(20)18-14-6-8-15(9-7-14)19-17(21)11-13(3)4/h6-9,12-13H,5,10-11H2,1-4H3,(H,18,20)(H,19,21). The average Bonchev–Trinajstić information content (AvgIpc) is 2.37. The summed E-state index contributed by atoms with van der Waals surface area (Å²) in [7, 11) is 0. The predicted molar refractivity (Wildman–Crippen MR) is 87.2 cm³/mol. The second-order valence-electron chi connectivity index (χ2n) is 6.20. The van der Waals surface area contributed by atoms with E-state index >= 15 is 0 Å². The number of carbonyl (C=O) groups is 2. The number of rotatable bonds is 7. The fraction of sp³-hybridized carbons (Fsp3) is 0.529. The molecular formula is C17H26N2O2. The highest BCUT2D eigenvalue weighted by atomic mass is 16.2. The molecule has 21 heavy (non-hydrogen) atoms. The number of hydrogen-bond donors (Lipinski definition) is 2. The summed E-state index contributed by atoms with van der Waals surface area (Å²) < 4.78 is 0. The van der Waals surface area contributed by atoms with Crippen molar-refractivity contribution in [1.82, 2.24) is 0 Å². The molecule has 0 fully saturated rings. The zero-order valence-electron chi connectivity index (χ0n) is 13.4. The van der Waals surface area contributed by atoms with Crippen molar-refractivity contribution in [2.45, 2.75) is 47.0 Å². The number of carbonyl (C=O) groups excluding carboxylic acids is 2. The summed E-state index contributed by atoms with van der Waals surface area (Å²) in [6.45, 7) is 8.22. The maximum Gasteiger partial charge on any atom is 0.224 e. The molecule has 0 heterocycles. The molecule has 1 rings (SSSR count). The third-order valence-electron chi connectivity index (χ3n) is 2.99. The highest BCUT2D eigenvalue weighted by Crippen LogP contribution is 2.15. The Kier molecular flexibility index (Phi) is 6.92. The van der Waals surface area contributed by atoms with Crippen LogP contribution >= 0.6 is 0 Å². The van der Waals surface area contributed by atoms with Gasteiger partial charge in [0.1, 0.15) is 0 Å². The first kappa shape index (κ1) is 17.2. The average molecular weight is 290 g/mol. The molecule has 1 aromatic carbocycles. The predicted octanol–water partition coefficient (Wildman–Crippen LogP) is 4.05. The Balaban J connectivity index is 2.46. The van der Waals surface area contributed by atoms with E-state index in [0.717, 1.165) is 17.8 Å². The van der Waals surface area contributed by atoms with E-state index in [0.29, 0.717) is 24.7 Å².